The lowest BCUT2D eigenvalue weighted by atomic mass is 9.71. The Labute approximate surface area is 176 Å². The molecule has 0 unspecified atom stereocenters. The monoisotopic (exact) mass is 595 g/mol. The average molecular weight is 596 g/mol. The fourth-order valence-electron chi connectivity index (χ4n) is 2.37. The molecule has 1 fully saturated rings. The van der Waals surface area contributed by atoms with Crippen LogP contribution >= 0.6 is 45.8 Å². The van der Waals surface area contributed by atoms with Crippen LogP contribution in [0.4, 0.5) is 54.0 Å². The number of benzene rings is 1. The minimum absolute atomic E-state index is 0.205. The lowest BCUT2D eigenvalue weighted by Gasteiger charge is -2.51. The van der Waals surface area contributed by atoms with E-state index in [1.165, 1.54) is 0 Å². The molecule has 1 N–H and O–H groups in total. The summed E-state index contributed by atoms with van der Waals surface area (Å²) in [5, 5.41) is -0.558. The number of anilines is 1. The van der Waals surface area contributed by atoms with Gasteiger partial charge in [-0.25, -0.2) is 4.39 Å². The highest BCUT2D eigenvalue weighted by atomic mass is 127. The third-order valence-corrected chi connectivity index (χ3v) is 5.22. The second-order valence-corrected chi connectivity index (χ2v) is 7.79. The molecule has 2 nitrogen and oxygen atoms in total. The second kappa shape index (κ2) is 6.61. The lowest BCUT2D eigenvalue weighted by Crippen LogP contribution is -2.86. The van der Waals surface area contributed by atoms with E-state index < -0.39 is 56.9 Å². The molecule has 0 bridgehead atoms. The number of halogens is 14. The molecule has 2 rings (SSSR count). The standard InChI is InChI=1S/C13H3Cl2F11INO/c14-4-1-3(27)2-5(15)6(4)28-7(29)8(16)9(17,18)11(21,22)13(25,26)12(23,24)10(8,19)20/h1-2H,(H,28,29). The van der Waals surface area contributed by atoms with Gasteiger partial charge in [0.1, 0.15) is 0 Å². The molecule has 1 saturated carbocycles. The molecule has 0 atom stereocenters. The van der Waals surface area contributed by atoms with Gasteiger partial charge in [-0.05, 0) is 34.7 Å². The van der Waals surface area contributed by atoms with E-state index in [0.717, 1.165) is 17.4 Å². The summed E-state index contributed by atoms with van der Waals surface area (Å²) in [6.45, 7) is 0. The third kappa shape index (κ3) is 2.76. The summed E-state index contributed by atoms with van der Waals surface area (Å²) in [5.74, 6) is -40.3. The number of hydrogen-bond acceptors (Lipinski definition) is 1. The van der Waals surface area contributed by atoms with Gasteiger partial charge in [0, 0.05) is 3.57 Å². The number of carbonyl (C=O) groups is 1. The largest absolute Gasteiger partial charge is 0.384 e. The van der Waals surface area contributed by atoms with Gasteiger partial charge >= 0.3 is 35.3 Å². The molecule has 1 aromatic carbocycles. The van der Waals surface area contributed by atoms with E-state index >= 15 is 0 Å². The van der Waals surface area contributed by atoms with E-state index in [2.05, 4.69) is 0 Å². The van der Waals surface area contributed by atoms with Crippen molar-refractivity contribution in [3.63, 3.8) is 0 Å². The first-order valence-electron chi connectivity index (χ1n) is 6.75. The Hall–Kier alpha value is -0.770. The molecule has 16 heteroatoms. The molecule has 29 heavy (non-hydrogen) atoms. The maximum absolute atomic E-state index is 14.6. The number of hydrogen-bond donors (Lipinski definition) is 1. The Morgan fingerprint density at radius 3 is 1.38 bits per heavy atom. The van der Waals surface area contributed by atoms with Crippen LogP contribution in [0, 0.1) is 3.57 Å². The molecular weight excluding hydrogens is 593 g/mol. The highest BCUT2D eigenvalue weighted by Crippen LogP contribution is 2.69. The number of nitrogens with one attached hydrogen (secondary N) is 1. The van der Waals surface area contributed by atoms with Gasteiger partial charge in [-0.1, -0.05) is 23.2 Å². The van der Waals surface area contributed by atoms with Crippen LogP contribution in [0.5, 0.6) is 0 Å². The number of rotatable bonds is 2. The molecule has 1 aromatic rings. The molecule has 0 radical (unpaired) electrons. The van der Waals surface area contributed by atoms with Crippen molar-refractivity contribution >= 4 is 57.4 Å². The molecule has 0 saturated heterocycles. The zero-order chi connectivity index (χ0) is 23.0. The van der Waals surface area contributed by atoms with Crippen LogP contribution in [-0.2, 0) is 4.79 Å². The summed E-state index contributed by atoms with van der Waals surface area (Å²) in [6, 6.07) is 1.81. The fraction of sp³-hybridized carbons (Fsp3) is 0.462. The quantitative estimate of drug-likeness (QED) is 0.310. The highest BCUT2D eigenvalue weighted by Gasteiger charge is 3.02. The van der Waals surface area contributed by atoms with Gasteiger partial charge in [0.15, 0.2) is 0 Å². The first-order valence-corrected chi connectivity index (χ1v) is 8.59. The Morgan fingerprint density at radius 2 is 1.03 bits per heavy atom. The molecule has 1 amide bonds. The molecule has 1 aliphatic carbocycles. The minimum Gasteiger partial charge on any atom is -0.320 e. The molecule has 0 spiro atoms. The van der Waals surface area contributed by atoms with Crippen molar-refractivity contribution < 1.29 is 53.1 Å². The summed E-state index contributed by atoms with van der Waals surface area (Å²) in [7, 11) is 0. The van der Waals surface area contributed by atoms with Gasteiger partial charge in [-0.2, -0.15) is 43.9 Å². The predicted molar refractivity (Wildman–Crippen MR) is 86.4 cm³/mol. The zero-order valence-electron chi connectivity index (χ0n) is 12.9. The van der Waals surface area contributed by atoms with Crippen molar-refractivity contribution in [3.05, 3.63) is 25.7 Å². The summed E-state index contributed by atoms with van der Waals surface area (Å²) in [5.41, 5.74) is -7.92. The maximum atomic E-state index is 14.6. The molecule has 0 heterocycles. The third-order valence-electron chi connectivity index (χ3n) is 4.00. The van der Waals surface area contributed by atoms with Crippen LogP contribution in [0.25, 0.3) is 0 Å². The Morgan fingerprint density at radius 1 is 0.724 bits per heavy atom. The van der Waals surface area contributed by atoms with E-state index in [-0.39, 0.29) is 3.57 Å². The molecule has 1 aliphatic rings. The van der Waals surface area contributed by atoms with E-state index in [1.54, 1.807) is 22.6 Å². The van der Waals surface area contributed by atoms with Gasteiger partial charge < -0.3 is 5.32 Å². The highest BCUT2D eigenvalue weighted by molar-refractivity contribution is 14.1. The minimum atomic E-state index is -7.42. The summed E-state index contributed by atoms with van der Waals surface area (Å²) in [4.78, 5) is 11.8. The van der Waals surface area contributed by atoms with Crippen molar-refractivity contribution in [3.8, 4) is 0 Å². The maximum Gasteiger partial charge on any atom is 0.384 e. The van der Waals surface area contributed by atoms with Crippen molar-refractivity contribution in [1.29, 1.82) is 0 Å². The Bertz CT molecular complexity index is 823. The number of amides is 1. The van der Waals surface area contributed by atoms with Crippen LogP contribution in [0.15, 0.2) is 12.1 Å². The number of alkyl halides is 11. The van der Waals surface area contributed by atoms with Gasteiger partial charge in [0.2, 0.25) is 0 Å². The van der Waals surface area contributed by atoms with Crippen LogP contribution in [0.3, 0.4) is 0 Å². The summed E-state index contributed by atoms with van der Waals surface area (Å²) >= 11 is 12.7. The van der Waals surface area contributed by atoms with Crippen molar-refractivity contribution in [2.24, 2.45) is 0 Å². The smallest absolute Gasteiger partial charge is 0.320 e. The van der Waals surface area contributed by atoms with Crippen LogP contribution in [0.2, 0.25) is 10.0 Å². The van der Waals surface area contributed by atoms with Gasteiger partial charge in [0.25, 0.3) is 5.91 Å². The predicted octanol–water partition coefficient (Wildman–Crippen LogP) is 6.43. The zero-order valence-corrected chi connectivity index (χ0v) is 16.5. The molecular formula is C13H3Cl2F11INO. The fourth-order valence-corrected chi connectivity index (χ4v) is 3.94. The average Bonchev–Trinajstić information content (AvgIpc) is 2.55. The van der Waals surface area contributed by atoms with Gasteiger partial charge in [0.05, 0.1) is 15.7 Å². The van der Waals surface area contributed by atoms with Crippen molar-refractivity contribution in [1.82, 2.24) is 0 Å². The topological polar surface area (TPSA) is 29.1 Å². The van der Waals surface area contributed by atoms with E-state index in [0.29, 0.717) is 0 Å². The van der Waals surface area contributed by atoms with Crippen molar-refractivity contribution in [2.75, 3.05) is 5.32 Å². The van der Waals surface area contributed by atoms with Crippen LogP contribution in [-0.4, -0.2) is 41.2 Å². The van der Waals surface area contributed by atoms with Crippen LogP contribution in [0.1, 0.15) is 0 Å². The summed E-state index contributed by atoms with van der Waals surface area (Å²) < 4.78 is 150. The Kier molecular flexibility index (Phi) is 5.59. The van der Waals surface area contributed by atoms with Gasteiger partial charge in [-0.3, -0.25) is 4.79 Å². The van der Waals surface area contributed by atoms with Gasteiger partial charge in [-0.15, -0.1) is 0 Å². The SMILES string of the molecule is O=C(Nc1c(Cl)cc(I)cc1Cl)C1(F)C(F)(F)C(F)(F)C(F)(F)C(F)(F)C1(F)F. The number of carbonyl (C=O) groups excluding carboxylic acids is 1. The van der Waals surface area contributed by atoms with E-state index in [9.17, 15) is 53.1 Å². The molecule has 0 aromatic heterocycles. The molecule has 0 aliphatic heterocycles. The molecule has 164 valence electrons. The van der Waals surface area contributed by atoms with E-state index in [1.807, 2.05) is 0 Å². The lowest BCUT2D eigenvalue weighted by molar-refractivity contribution is -0.475. The van der Waals surface area contributed by atoms with Crippen molar-refractivity contribution in [2.45, 2.75) is 35.3 Å². The first kappa shape index (κ1) is 24.5. The Balaban J connectivity index is 2.73. The summed E-state index contributed by atoms with van der Waals surface area (Å²) in [6.07, 6.45) is 0. The van der Waals surface area contributed by atoms with Crippen LogP contribution < -0.4 is 5.32 Å². The first-order chi connectivity index (χ1) is 12.7. The van der Waals surface area contributed by atoms with E-state index in [4.69, 9.17) is 23.2 Å². The normalized spacial score (nSPS) is 25.3. The second-order valence-electron chi connectivity index (χ2n) is 5.73.